The lowest BCUT2D eigenvalue weighted by molar-refractivity contribution is -0.137. The minimum Gasteiger partial charge on any atom is -0.299 e. The predicted octanol–water partition coefficient (Wildman–Crippen LogP) is 5.30. The van der Waals surface area contributed by atoms with Crippen LogP contribution in [0, 0.1) is 0 Å². The molecule has 0 spiro atoms. The average molecular weight is 365 g/mol. The van der Waals surface area contributed by atoms with E-state index in [-0.39, 0.29) is 16.6 Å². The van der Waals surface area contributed by atoms with Crippen LogP contribution in [-0.4, -0.2) is 15.3 Å². The Bertz CT molecular complexity index is 990. The summed E-state index contributed by atoms with van der Waals surface area (Å²) in [5, 5.41) is 0.718. The highest BCUT2D eigenvalue weighted by Gasteiger charge is 2.31. The van der Waals surface area contributed by atoms with Gasteiger partial charge in [0, 0.05) is 23.3 Å². The highest BCUT2D eigenvalue weighted by atomic mass is 35.5. The molecule has 0 amide bonds. The van der Waals surface area contributed by atoms with Crippen molar-refractivity contribution in [2.75, 3.05) is 0 Å². The zero-order chi connectivity index (χ0) is 18.2. The first-order valence-electron chi connectivity index (χ1n) is 7.29. The lowest BCUT2D eigenvalue weighted by Gasteiger charge is -2.10. The van der Waals surface area contributed by atoms with Gasteiger partial charge in [0.05, 0.1) is 16.1 Å². The molecule has 2 aromatic heterocycles. The molecule has 3 aromatic rings. The summed E-state index contributed by atoms with van der Waals surface area (Å²) in [6.45, 7) is 1.43. The van der Waals surface area contributed by atoms with Gasteiger partial charge in [-0.05, 0) is 31.2 Å². The zero-order valence-corrected chi connectivity index (χ0v) is 13.8. The zero-order valence-electron chi connectivity index (χ0n) is 13.0. The monoisotopic (exact) mass is 364 g/mol. The van der Waals surface area contributed by atoms with Gasteiger partial charge in [0.2, 0.25) is 0 Å². The number of fused-ring (bicyclic) bond motifs is 1. The molecular weight excluding hydrogens is 353 g/mol. The lowest BCUT2D eigenvalue weighted by atomic mass is 10.1. The Balaban J connectivity index is 2.18. The van der Waals surface area contributed by atoms with Crippen molar-refractivity contribution in [1.29, 1.82) is 0 Å². The second-order valence-corrected chi connectivity index (χ2v) is 5.85. The second kappa shape index (κ2) is 6.37. The molecule has 0 N–H and O–H groups in total. The number of hydrogen-bond acceptors (Lipinski definition) is 2. The summed E-state index contributed by atoms with van der Waals surface area (Å²) < 4.78 is 40.0. The Morgan fingerprint density at radius 1 is 1.28 bits per heavy atom. The average Bonchev–Trinajstić information content (AvgIpc) is 2.91. The minimum absolute atomic E-state index is 0.109. The van der Waals surface area contributed by atoms with Crippen LogP contribution >= 0.6 is 11.6 Å². The van der Waals surface area contributed by atoms with Gasteiger partial charge in [-0.25, -0.2) is 4.98 Å². The van der Waals surface area contributed by atoms with Crippen LogP contribution in [0.1, 0.15) is 18.1 Å². The van der Waals surface area contributed by atoms with Crippen LogP contribution in [0.3, 0.4) is 0 Å². The molecule has 0 aliphatic carbocycles. The number of ketones is 1. The Labute approximate surface area is 146 Å². The first-order valence-corrected chi connectivity index (χ1v) is 7.67. The van der Waals surface area contributed by atoms with Crippen LogP contribution in [-0.2, 0) is 11.0 Å². The van der Waals surface area contributed by atoms with E-state index in [1.807, 2.05) is 12.1 Å². The number of hydrogen-bond donors (Lipinski definition) is 0. The van der Waals surface area contributed by atoms with E-state index >= 15 is 0 Å². The third kappa shape index (κ3) is 3.44. The fourth-order valence-electron chi connectivity index (χ4n) is 2.48. The van der Waals surface area contributed by atoms with E-state index in [1.165, 1.54) is 13.0 Å². The number of pyridine rings is 1. The van der Waals surface area contributed by atoms with Gasteiger partial charge in [0.15, 0.2) is 11.6 Å². The minimum atomic E-state index is -4.51. The lowest BCUT2D eigenvalue weighted by Crippen LogP contribution is -2.07. The number of rotatable bonds is 3. The maximum Gasteiger partial charge on any atom is 0.417 e. The number of halogens is 4. The number of carbonyl (C=O) groups is 1. The van der Waals surface area contributed by atoms with E-state index in [9.17, 15) is 18.0 Å². The van der Waals surface area contributed by atoms with Crippen molar-refractivity contribution in [2.24, 2.45) is 0 Å². The molecule has 0 fully saturated rings. The first kappa shape index (κ1) is 17.2. The molecule has 0 atom stereocenters. The second-order valence-electron chi connectivity index (χ2n) is 5.44. The van der Waals surface area contributed by atoms with Gasteiger partial charge in [0.1, 0.15) is 0 Å². The normalized spacial score (nSPS) is 12.2. The van der Waals surface area contributed by atoms with Crippen molar-refractivity contribution in [1.82, 2.24) is 9.55 Å². The van der Waals surface area contributed by atoms with E-state index in [1.54, 1.807) is 29.0 Å². The SMILES string of the molecule is CC(=O)/C=C\c1cn(-c2ncc(C(F)(F)F)cc2Cl)c2ccccc12. The van der Waals surface area contributed by atoms with Crippen molar-refractivity contribution < 1.29 is 18.0 Å². The molecule has 128 valence electrons. The molecule has 3 rings (SSSR count). The molecule has 0 radical (unpaired) electrons. The fraction of sp³-hybridized carbons (Fsp3) is 0.111. The summed E-state index contributed by atoms with van der Waals surface area (Å²) in [5.41, 5.74) is 0.554. The molecule has 0 aliphatic heterocycles. The number of nitrogens with zero attached hydrogens (tertiary/aromatic N) is 2. The molecule has 7 heteroatoms. The third-order valence-corrected chi connectivity index (χ3v) is 3.90. The molecule has 25 heavy (non-hydrogen) atoms. The Morgan fingerprint density at radius 3 is 2.64 bits per heavy atom. The van der Waals surface area contributed by atoms with Gasteiger partial charge in [-0.2, -0.15) is 13.2 Å². The van der Waals surface area contributed by atoms with Gasteiger partial charge in [-0.3, -0.25) is 9.36 Å². The van der Waals surface area contributed by atoms with Crippen molar-refractivity contribution in [3.8, 4) is 5.82 Å². The van der Waals surface area contributed by atoms with E-state index < -0.39 is 11.7 Å². The number of aromatic nitrogens is 2. The summed E-state index contributed by atoms with van der Waals surface area (Å²) in [6.07, 6.45) is 1.00. The highest BCUT2D eigenvalue weighted by molar-refractivity contribution is 6.32. The smallest absolute Gasteiger partial charge is 0.299 e. The number of carbonyl (C=O) groups excluding carboxylic acids is 1. The van der Waals surface area contributed by atoms with Gasteiger partial charge in [-0.15, -0.1) is 0 Å². The van der Waals surface area contributed by atoms with Gasteiger partial charge >= 0.3 is 6.18 Å². The summed E-state index contributed by atoms with van der Waals surface area (Å²) in [7, 11) is 0. The van der Waals surface area contributed by atoms with E-state index in [2.05, 4.69) is 4.98 Å². The number of alkyl halides is 3. The summed E-state index contributed by atoms with van der Waals surface area (Å²) in [6, 6.07) is 8.14. The highest BCUT2D eigenvalue weighted by Crippen LogP contribution is 2.33. The molecule has 2 heterocycles. The van der Waals surface area contributed by atoms with Crippen LogP contribution in [0.25, 0.3) is 22.8 Å². The summed E-state index contributed by atoms with van der Waals surface area (Å²) in [5.74, 6) is 0.0795. The molecule has 0 aliphatic rings. The molecule has 1 aromatic carbocycles. The Hall–Kier alpha value is -2.60. The predicted molar refractivity (Wildman–Crippen MR) is 90.8 cm³/mol. The van der Waals surface area contributed by atoms with Crippen LogP contribution < -0.4 is 0 Å². The first-order chi connectivity index (χ1) is 11.8. The van der Waals surface area contributed by atoms with Crippen molar-refractivity contribution in [3.63, 3.8) is 0 Å². The summed E-state index contributed by atoms with van der Waals surface area (Å²) >= 11 is 6.05. The van der Waals surface area contributed by atoms with Crippen molar-refractivity contribution >= 4 is 34.4 Å². The maximum atomic E-state index is 12.8. The van der Waals surface area contributed by atoms with Crippen molar-refractivity contribution in [2.45, 2.75) is 13.1 Å². The number of para-hydroxylation sites is 1. The molecule has 0 unspecified atom stereocenters. The molecule has 3 nitrogen and oxygen atoms in total. The Kier molecular flexibility index (Phi) is 4.39. The molecule has 0 saturated carbocycles. The summed E-state index contributed by atoms with van der Waals surface area (Å²) in [4.78, 5) is 15.1. The molecular formula is C18H12ClF3N2O. The number of allylic oxidation sites excluding steroid dienone is 1. The van der Waals surface area contributed by atoms with E-state index in [0.717, 1.165) is 28.7 Å². The van der Waals surface area contributed by atoms with Crippen LogP contribution in [0.15, 0.2) is 48.8 Å². The molecule has 0 bridgehead atoms. The van der Waals surface area contributed by atoms with E-state index in [0.29, 0.717) is 0 Å². The third-order valence-electron chi connectivity index (χ3n) is 3.62. The van der Waals surface area contributed by atoms with Crippen LogP contribution in [0.5, 0.6) is 0 Å². The fourth-order valence-corrected chi connectivity index (χ4v) is 2.74. The Morgan fingerprint density at radius 2 is 2.00 bits per heavy atom. The standard InChI is InChI=1S/C18H12ClF3N2O/c1-11(25)6-7-12-10-24(16-5-3-2-4-14(12)16)17-15(19)8-13(9-23-17)18(20,21)22/h2-10H,1H3/b7-6-. The van der Waals surface area contributed by atoms with Crippen LogP contribution in [0.2, 0.25) is 5.02 Å². The maximum absolute atomic E-state index is 12.8. The van der Waals surface area contributed by atoms with Gasteiger partial charge in [-0.1, -0.05) is 29.8 Å². The topological polar surface area (TPSA) is 34.9 Å². The largest absolute Gasteiger partial charge is 0.417 e. The van der Waals surface area contributed by atoms with Gasteiger partial charge in [0.25, 0.3) is 0 Å². The molecule has 0 saturated heterocycles. The number of benzene rings is 1. The van der Waals surface area contributed by atoms with Crippen molar-refractivity contribution in [3.05, 3.63) is 65.0 Å². The quantitative estimate of drug-likeness (QED) is 0.591. The van der Waals surface area contributed by atoms with Gasteiger partial charge < -0.3 is 0 Å². The van der Waals surface area contributed by atoms with Crippen LogP contribution in [0.4, 0.5) is 13.2 Å². The van der Waals surface area contributed by atoms with E-state index in [4.69, 9.17) is 11.6 Å².